The van der Waals surface area contributed by atoms with E-state index >= 15 is 0 Å². The molecular weight excluding hydrogens is 346 g/mol. The summed E-state index contributed by atoms with van der Waals surface area (Å²) in [6.07, 6.45) is 5.11. The van der Waals surface area contributed by atoms with Gasteiger partial charge in [0.05, 0.1) is 16.5 Å². The molecular formula is C20H31N3O2S. The molecule has 0 radical (unpaired) electrons. The van der Waals surface area contributed by atoms with Crippen LogP contribution >= 0.6 is 0 Å². The molecule has 26 heavy (non-hydrogen) atoms. The molecule has 0 saturated carbocycles. The Balaban J connectivity index is 2.31. The van der Waals surface area contributed by atoms with Gasteiger partial charge in [-0.3, -0.25) is 0 Å². The van der Waals surface area contributed by atoms with Crippen molar-refractivity contribution < 1.29 is 8.42 Å². The van der Waals surface area contributed by atoms with Crippen LogP contribution in [-0.2, 0) is 21.8 Å². The van der Waals surface area contributed by atoms with E-state index in [1.165, 1.54) is 0 Å². The Labute approximate surface area is 157 Å². The Morgan fingerprint density at radius 2 is 1.69 bits per heavy atom. The molecule has 1 aromatic heterocycles. The van der Waals surface area contributed by atoms with Crippen LogP contribution in [-0.4, -0.2) is 35.3 Å². The molecule has 6 heteroatoms. The second-order valence-electron chi connectivity index (χ2n) is 8.83. The van der Waals surface area contributed by atoms with Crippen LogP contribution < -0.4 is 5.32 Å². The lowest BCUT2D eigenvalue weighted by Gasteiger charge is -2.26. The summed E-state index contributed by atoms with van der Waals surface area (Å²) < 4.78 is 28.3. The third-order valence-corrected chi connectivity index (χ3v) is 6.44. The Bertz CT molecular complexity index is 796. The lowest BCUT2D eigenvalue weighted by atomic mass is 9.87. The van der Waals surface area contributed by atoms with Crippen LogP contribution in [0.1, 0.15) is 47.1 Å². The first kappa shape index (κ1) is 20.6. The highest BCUT2D eigenvalue weighted by Crippen LogP contribution is 2.25. The number of hydrogen-bond donors (Lipinski definition) is 1. The van der Waals surface area contributed by atoms with Gasteiger partial charge in [0.1, 0.15) is 0 Å². The Kier molecular flexibility index (Phi) is 5.98. The van der Waals surface area contributed by atoms with Crippen molar-refractivity contribution in [1.29, 1.82) is 0 Å². The highest BCUT2D eigenvalue weighted by atomic mass is 32.2. The molecule has 0 aliphatic rings. The molecule has 0 bridgehead atoms. The summed E-state index contributed by atoms with van der Waals surface area (Å²) in [4.78, 5) is 4.39. The second kappa shape index (κ2) is 7.53. The van der Waals surface area contributed by atoms with E-state index in [9.17, 15) is 8.42 Å². The van der Waals surface area contributed by atoms with Crippen molar-refractivity contribution in [2.75, 3.05) is 6.54 Å². The summed E-state index contributed by atoms with van der Waals surface area (Å²) >= 11 is 0. The van der Waals surface area contributed by atoms with Crippen LogP contribution in [0.2, 0.25) is 0 Å². The van der Waals surface area contributed by atoms with Gasteiger partial charge in [0.2, 0.25) is 0 Å². The molecule has 1 N–H and O–H groups in total. The quantitative estimate of drug-likeness (QED) is 0.838. The molecule has 1 atom stereocenters. The first-order chi connectivity index (χ1) is 11.9. The molecule has 2 aromatic rings. The first-order valence-corrected chi connectivity index (χ1v) is 10.5. The number of benzene rings is 1. The van der Waals surface area contributed by atoms with Crippen LogP contribution in [0.4, 0.5) is 0 Å². The molecule has 0 fully saturated rings. The molecule has 5 nitrogen and oxygen atoms in total. The summed E-state index contributed by atoms with van der Waals surface area (Å²) in [5.41, 5.74) is 0.959. The number of aromatic nitrogens is 2. The van der Waals surface area contributed by atoms with Crippen molar-refractivity contribution in [2.45, 2.75) is 69.2 Å². The maximum absolute atomic E-state index is 13.3. The molecule has 0 amide bonds. The summed E-state index contributed by atoms with van der Waals surface area (Å²) in [5.74, 6) is 0. The largest absolute Gasteiger partial charge is 0.336 e. The van der Waals surface area contributed by atoms with Gasteiger partial charge in [-0.25, -0.2) is 13.4 Å². The van der Waals surface area contributed by atoms with Gasteiger partial charge in [-0.2, -0.15) is 0 Å². The van der Waals surface area contributed by atoms with E-state index in [0.29, 0.717) is 18.0 Å². The van der Waals surface area contributed by atoms with E-state index in [-0.39, 0.29) is 11.0 Å². The minimum Gasteiger partial charge on any atom is -0.336 e. The van der Waals surface area contributed by atoms with Gasteiger partial charge < -0.3 is 9.88 Å². The molecule has 0 spiro atoms. The zero-order valence-electron chi connectivity index (χ0n) is 16.7. The predicted molar refractivity (Wildman–Crippen MR) is 106 cm³/mol. The fourth-order valence-corrected chi connectivity index (χ4v) is 4.23. The molecule has 0 aliphatic carbocycles. The molecule has 144 valence electrons. The summed E-state index contributed by atoms with van der Waals surface area (Å²) in [5, 5.41) is 2.76. The number of rotatable bonds is 6. The molecule has 2 rings (SSSR count). The molecule has 1 unspecified atom stereocenters. The summed E-state index contributed by atoms with van der Waals surface area (Å²) in [7, 11) is -3.47. The number of nitrogens with zero attached hydrogens (tertiary/aromatic N) is 2. The van der Waals surface area contributed by atoms with E-state index in [1.54, 1.807) is 30.9 Å². The van der Waals surface area contributed by atoms with Crippen molar-refractivity contribution >= 4 is 9.84 Å². The Morgan fingerprint density at radius 3 is 2.15 bits per heavy atom. The van der Waals surface area contributed by atoms with Crippen molar-refractivity contribution in [3.63, 3.8) is 0 Å². The van der Waals surface area contributed by atoms with Crippen molar-refractivity contribution in [2.24, 2.45) is 0 Å². The maximum Gasteiger partial charge on any atom is 0.184 e. The first-order valence-electron chi connectivity index (χ1n) is 8.95. The summed E-state index contributed by atoms with van der Waals surface area (Å²) in [6.45, 7) is 13.2. The minimum atomic E-state index is -3.47. The maximum atomic E-state index is 13.3. The van der Waals surface area contributed by atoms with Crippen LogP contribution in [0.15, 0.2) is 47.9 Å². The van der Waals surface area contributed by atoms with Crippen molar-refractivity contribution in [3.05, 3.63) is 48.5 Å². The fraction of sp³-hybridized carbons (Fsp3) is 0.550. The number of imidazole rings is 1. The lowest BCUT2D eigenvalue weighted by Crippen LogP contribution is -2.44. The Morgan fingerprint density at radius 1 is 1.08 bits per heavy atom. The molecule has 1 aromatic carbocycles. The number of hydrogen-bond acceptors (Lipinski definition) is 4. The average molecular weight is 378 g/mol. The zero-order chi connectivity index (χ0) is 19.6. The molecule has 0 saturated heterocycles. The topological polar surface area (TPSA) is 64.0 Å². The van der Waals surface area contributed by atoms with Crippen LogP contribution in [0.5, 0.6) is 0 Å². The highest BCUT2D eigenvalue weighted by Gasteiger charge is 2.29. The van der Waals surface area contributed by atoms with Crippen LogP contribution in [0.3, 0.4) is 0 Å². The van der Waals surface area contributed by atoms with E-state index in [1.807, 2.05) is 37.5 Å². The minimum absolute atomic E-state index is 0.00765. The second-order valence-corrected chi connectivity index (χ2v) is 11.1. The van der Waals surface area contributed by atoms with Crippen molar-refractivity contribution in [1.82, 2.24) is 14.9 Å². The SMILES string of the molecule is CC(C)(C)NCC(Cn1ccnc1)S(=O)(=O)c1ccc(C(C)(C)C)cc1. The fourth-order valence-electron chi connectivity index (χ4n) is 2.66. The van der Waals surface area contributed by atoms with Gasteiger partial charge in [0.25, 0.3) is 0 Å². The van der Waals surface area contributed by atoms with Crippen LogP contribution in [0, 0.1) is 0 Å². The normalized spacial score (nSPS) is 14.4. The smallest absolute Gasteiger partial charge is 0.184 e. The standard InChI is InChI=1S/C20H31N3O2S/c1-19(2,3)16-7-9-17(10-8-16)26(24,25)18(13-22-20(4,5)6)14-23-12-11-21-15-23/h7-12,15,18,22H,13-14H2,1-6H3. The zero-order valence-corrected chi connectivity index (χ0v) is 17.5. The lowest BCUT2D eigenvalue weighted by molar-refractivity contribution is 0.411. The van der Waals surface area contributed by atoms with E-state index in [0.717, 1.165) is 5.56 Å². The molecule has 0 aliphatic heterocycles. The van der Waals surface area contributed by atoms with Gasteiger partial charge in [-0.15, -0.1) is 0 Å². The Hall–Kier alpha value is -1.66. The van der Waals surface area contributed by atoms with Gasteiger partial charge in [0.15, 0.2) is 9.84 Å². The summed E-state index contributed by atoms with van der Waals surface area (Å²) in [6, 6.07) is 7.29. The third-order valence-electron chi connectivity index (χ3n) is 4.32. The van der Waals surface area contributed by atoms with Gasteiger partial charge in [0, 0.05) is 31.0 Å². The van der Waals surface area contributed by atoms with Crippen molar-refractivity contribution in [3.8, 4) is 0 Å². The average Bonchev–Trinajstić information content (AvgIpc) is 3.02. The van der Waals surface area contributed by atoms with Gasteiger partial charge >= 0.3 is 0 Å². The van der Waals surface area contributed by atoms with Gasteiger partial charge in [-0.1, -0.05) is 32.9 Å². The van der Waals surface area contributed by atoms with E-state index in [4.69, 9.17) is 0 Å². The van der Waals surface area contributed by atoms with E-state index < -0.39 is 15.1 Å². The van der Waals surface area contributed by atoms with Gasteiger partial charge in [-0.05, 0) is 43.9 Å². The highest BCUT2D eigenvalue weighted by molar-refractivity contribution is 7.92. The van der Waals surface area contributed by atoms with E-state index in [2.05, 4.69) is 31.1 Å². The number of nitrogens with one attached hydrogen (secondary N) is 1. The van der Waals surface area contributed by atoms with Crippen LogP contribution in [0.25, 0.3) is 0 Å². The molecule has 1 heterocycles. The predicted octanol–water partition coefficient (Wildman–Crippen LogP) is 3.41. The monoisotopic (exact) mass is 377 g/mol. The third kappa shape index (κ3) is 5.42. The number of sulfone groups is 1.